The first kappa shape index (κ1) is 11.6. The molecule has 0 radical (unpaired) electrons. The van der Waals surface area contributed by atoms with Gasteiger partial charge in [-0.05, 0) is 37.0 Å². The van der Waals surface area contributed by atoms with Crippen LogP contribution in [0.3, 0.4) is 0 Å². The van der Waals surface area contributed by atoms with E-state index in [2.05, 4.69) is 34.5 Å². The predicted molar refractivity (Wildman–Crippen MR) is 67.8 cm³/mol. The normalized spacial score (nSPS) is 10.7. The minimum absolute atomic E-state index is 0.557. The van der Waals surface area contributed by atoms with Crippen molar-refractivity contribution in [3.05, 3.63) is 35.2 Å². The van der Waals surface area contributed by atoms with Crippen LogP contribution >= 0.6 is 23.3 Å². The van der Waals surface area contributed by atoms with Crippen molar-refractivity contribution < 1.29 is 0 Å². The number of nitrogens with zero attached hydrogens (tertiary/aromatic N) is 2. The zero-order valence-electron chi connectivity index (χ0n) is 9.23. The lowest BCUT2D eigenvalue weighted by atomic mass is 10.1. The molecule has 0 aliphatic carbocycles. The SMILES string of the molecule is Cc1ccc(Sc2nc(C)ns2)c(CN)c1. The summed E-state index contributed by atoms with van der Waals surface area (Å²) in [6.07, 6.45) is 0. The van der Waals surface area contributed by atoms with Crippen LogP contribution in [0.25, 0.3) is 0 Å². The Hall–Kier alpha value is -0.910. The highest BCUT2D eigenvalue weighted by atomic mass is 32.2. The second-order valence-electron chi connectivity index (χ2n) is 3.52. The van der Waals surface area contributed by atoms with Gasteiger partial charge in [0.05, 0.1) is 0 Å². The van der Waals surface area contributed by atoms with Crippen LogP contribution < -0.4 is 5.73 Å². The first-order chi connectivity index (χ1) is 7.69. The maximum Gasteiger partial charge on any atom is 0.174 e. The summed E-state index contributed by atoms with van der Waals surface area (Å²) in [7, 11) is 0. The molecular weight excluding hydrogens is 238 g/mol. The molecule has 1 aromatic heterocycles. The smallest absolute Gasteiger partial charge is 0.174 e. The first-order valence-corrected chi connectivity index (χ1v) is 6.56. The number of aromatic nitrogens is 2. The molecule has 0 saturated carbocycles. The first-order valence-electron chi connectivity index (χ1n) is 4.97. The Bertz CT molecular complexity index is 494. The molecule has 2 N–H and O–H groups in total. The molecule has 1 heterocycles. The molecule has 0 spiro atoms. The fourth-order valence-electron chi connectivity index (χ4n) is 1.38. The predicted octanol–water partition coefficient (Wildman–Crippen LogP) is 2.76. The van der Waals surface area contributed by atoms with Crippen LogP contribution in [0.5, 0.6) is 0 Å². The van der Waals surface area contributed by atoms with Gasteiger partial charge in [-0.25, -0.2) is 4.98 Å². The van der Waals surface area contributed by atoms with Crippen molar-refractivity contribution >= 4 is 23.3 Å². The summed E-state index contributed by atoms with van der Waals surface area (Å²) < 4.78 is 5.13. The maximum absolute atomic E-state index is 5.73. The topological polar surface area (TPSA) is 51.8 Å². The highest BCUT2D eigenvalue weighted by Gasteiger charge is 2.07. The van der Waals surface area contributed by atoms with E-state index < -0.39 is 0 Å². The minimum atomic E-state index is 0.557. The summed E-state index contributed by atoms with van der Waals surface area (Å²) >= 11 is 3.06. The highest BCUT2D eigenvalue weighted by molar-refractivity contribution is 8.01. The summed E-state index contributed by atoms with van der Waals surface area (Å²) in [5, 5.41) is 0. The molecule has 0 amide bonds. The number of hydrogen-bond donors (Lipinski definition) is 1. The zero-order valence-corrected chi connectivity index (χ0v) is 10.9. The van der Waals surface area contributed by atoms with Crippen molar-refractivity contribution in [3.63, 3.8) is 0 Å². The molecule has 16 heavy (non-hydrogen) atoms. The van der Waals surface area contributed by atoms with E-state index in [1.54, 1.807) is 11.8 Å². The molecule has 0 fully saturated rings. The molecule has 0 aliphatic heterocycles. The van der Waals surface area contributed by atoms with Gasteiger partial charge in [-0.1, -0.05) is 29.5 Å². The van der Waals surface area contributed by atoms with Gasteiger partial charge in [-0.3, -0.25) is 0 Å². The van der Waals surface area contributed by atoms with E-state index in [1.807, 2.05) is 6.92 Å². The summed E-state index contributed by atoms with van der Waals surface area (Å²) in [5.74, 6) is 0.828. The van der Waals surface area contributed by atoms with E-state index in [-0.39, 0.29) is 0 Å². The fourth-order valence-corrected chi connectivity index (χ4v) is 3.11. The molecule has 0 saturated heterocycles. The van der Waals surface area contributed by atoms with Gasteiger partial charge in [-0.2, -0.15) is 4.37 Å². The van der Waals surface area contributed by atoms with Crippen LogP contribution in [0, 0.1) is 13.8 Å². The fraction of sp³-hybridized carbons (Fsp3) is 0.273. The van der Waals surface area contributed by atoms with Crippen molar-refractivity contribution in [2.45, 2.75) is 29.6 Å². The molecule has 1 aromatic carbocycles. The maximum atomic E-state index is 5.73. The van der Waals surface area contributed by atoms with Gasteiger partial charge in [0.2, 0.25) is 0 Å². The summed E-state index contributed by atoms with van der Waals surface area (Å²) in [5.41, 5.74) is 8.13. The van der Waals surface area contributed by atoms with Gasteiger partial charge in [0.25, 0.3) is 0 Å². The molecule has 3 nitrogen and oxygen atoms in total. The van der Waals surface area contributed by atoms with E-state index in [9.17, 15) is 0 Å². The van der Waals surface area contributed by atoms with Crippen LogP contribution in [-0.4, -0.2) is 9.36 Å². The van der Waals surface area contributed by atoms with Crippen molar-refractivity contribution in [1.82, 2.24) is 9.36 Å². The Morgan fingerprint density at radius 1 is 1.38 bits per heavy atom. The monoisotopic (exact) mass is 251 g/mol. The standard InChI is InChI=1S/C11H13N3S2/c1-7-3-4-10(9(5-7)6-12)15-11-13-8(2)14-16-11/h3-5H,6,12H2,1-2H3. The third kappa shape index (κ3) is 2.61. The second-order valence-corrected chi connectivity index (χ2v) is 5.57. The molecule has 2 aromatic rings. The van der Waals surface area contributed by atoms with Crippen molar-refractivity contribution in [2.24, 2.45) is 5.73 Å². The second kappa shape index (κ2) is 4.95. The van der Waals surface area contributed by atoms with Crippen molar-refractivity contribution in [1.29, 1.82) is 0 Å². The van der Waals surface area contributed by atoms with Crippen molar-refractivity contribution in [2.75, 3.05) is 0 Å². The van der Waals surface area contributed by atoms with E-state index in [4.69, 9.17) is 5.73 Å². The van der Waals surface area contributed by atoms with Gasteiger partial charge in [0.1, 0.15) is 5.82 Å². The third-order valence-electron chi connectivity index (χ3n) is 2.14. The molecule has 0 unspecified atom stereocenters. The largest absolute Gasteiger partial charge is 0.326 e. The van der Waals surface area contributed by atoms with Crippen LogP contribution in [-0.2, 0) is 6.54 Å². The average Bonchev–Trinajstić information content (AvgIpc) is 2.67. The highest BCUT2D eigenvalue weighted by Crippen LogP contribution is 2.31. The summed E-state index contributed by atoms with van der Waals surface area (Å²) in [6.45, 7) is 4.53. The Labute approximate surface area is 103 Å². The van der Waals surface area contributed by atoms with E-state index in [0.717, 1.165) is 15.7 Å². The zero-order chi connectivity index (χ0) is 11.5. The molecule has 84 valence electrons. The Morgan fingerprint density at radius 3 is 2.81 bits per heavy atom. The Morgan fingerprint density at radius 2 is 2.19 bits per heavy atom. The molecule has 0 aliphatic rings. The Balaban J connectivity index is 2.27. The lowest BCUT2D eigenvalue weighted by Crippen LogP contribution is -1.98. The molecule has 5 heteroatoms. The molecule has 0 atom stereocenters. The lowest BCUT2D eigenvalue weighted by molar-refractivity contribution is 1.02. The quantitative estimate of drug-likeness (QED) is 0.911. The number of aryl methyl sites for hydroxylation is 2. The molecule has 0 bridgehead atoms. The van der Waals surface area contributed by atoms with Gasteiger partial charge in [-0.15, -0.1) is 0 Å². The minimum Gasteiger partial charge on any atom is -0.326 e. The van der Waals surface area contributed by atoms with Crippen LogP contribution in [0.4, 0.5) is 0 Å². The van der Waals surface area contributed by atoms with Crippen LogP contribution in [0.15, 0.2) is 27.4 Å². The number of benzene rings is 1. The summed E-state index contributed by atoms with van der Waals surface area (Å²) in [6, 6.07) is 6.31. The van der Waals surface area contributed by atoms with Gasteiger partial charge in [0.15, 0.2) is 4.34 Å². The molecule has 2 rings (SSSR count). The van der Waals surface area contributed by atoms with Crippen LogP contribution in [0.2, 0.25) is 0 Å². The van der Waals surface area contributed by atoms with Gasteiger partial charge in [0, 0.05) is 11.4 Å². The lowest BCUT2D eigenvalue weighted by Gasteiger charge is -2.06. The number of nitrogens with two attached hydrogens (primary N) is 1. The average molecular weight is 251 g/mol. The van der Waals surface area contributed by atoms with Crippen molar-refractivity contribution in [3.8, 4) is 0 Å². The van der Waals surface area contributed by atoms with E-state index in [0.29, 0.717) is 6.54 Å². The van der Waals surface area contributed by atoms with Gasteiger partial charge < -0.3 is 5.73 Å². The third-order valence-corrected chi connectivity index (χ3v) is 4.10. The number of rotatable bonds is 3. The molecular formula is C11H13N3S2. The Kier molecular flexibility index (Phi) is 3.58. The van der Waals surface area contributed by atoms with Crippen LogP contribution in [0.1, 0.15) is 17.0 Å². The van der Waals surface area contributed by atoms with E-state index >= 15 is 0 Å². The number of hydrogen-bond acceptors (Lipinski definition) is 5. The van der Waals surface area contributed by atoms with E-state index in [1.165, 1.54) is 22.0 Å². The van der Waals surface area contributed by atoms with Gasteiger partial charge >= 0.3 is 0 Å². The summed E-state index contributed by atoms with van der Waals surface area (Å²) in [4.78, 5) is 5.50.